The van der Waals surface area contributed by atoms with Gasteiger partial charge in [0.2, 0.25) is 0 Å². The molecule has 1 aliphatic rings. The molecule has 0 saturated carbocycles. The summed E-state index contributed by atoms with van der Waals surface area (Å²) in [4.78, 5) is 16.4. The maximum absolute atomic E-state index is 14.8. The van der Waals surface area contributed by atoms with Gasteiger partial charge in [0.05, 0.1) is 11.1 Å². The first-order valence-corrected chi connectivity index (χ1v) is 9.73. The largest absolute Gasteiger partial charge is 0.366 e. The molecule has 1 unspecified atom stereocenters. The van der Waals surface area contributed by atoms with E-state index in [0.717, 1.165) is 36.8 Å². The molecule has 0 amide bonds. The third-order valence-electron chi connectivity index (χ3n) is 5.29. The second kappa shape index (κ2) is 8.14. The molecular weight excluding hydrogens is 373 g/mol. The molecule has 29 heavy (non-hydrogen) atoms. The van der Waals surface area contributed by atoms with Crippen LogP contribution in [0.25, 0.3) is 0 Å². The Labute approximate surface area is 169 Å². The molecule has 0 aliphatic carbocycles. The highest BCUT2D eigenvalue weighted by atomic mass is 19.1. The van der Waals surface area contributed by atoms with Crippen molar-refractivity contribution in [3.63, 3.8) is 0 Å². The summed E-state index contributed by atoms with van der Waals surface area (Å²) in [6, 6.07) is 6.25. The predicted molar refractivity (Wildman–Crippen MR) is 113 cm³/mol. The van der Waals surface area contributed by atoms with E-state index in [2.05, 4.69) is 48.1 Å². The highest BCUT2D eigenvalue weighted by Crippen LogP contribution is 2.44. The molecule has 1 aromatic heterocycles. The molecule has 2 heterocycles. The number of nitrogens with zero attached hydrogens (tertiary/aromatic N) is 4. The number of hydrogen-bond donors (Lipinski definition) is 1. The minimum atomic E-state index is -0.521. The van der Waals surface area contributed by atoms with Crippen LogP contribution < -0.4 is 10.3 Å². The molecule has 3 rings (SSSR count). The van der Waals surface area contributed by atoms with Gasteiger partial charge in [-0.1, -0.05) is 13.8 Å². The summed E-state index contributed by atoms with van der Waals surface area (Å²) >= 11 is 0. The van der Waals surface area contributed by atoms with Gasteiger partial charge in [-0.15, -0.1) is 0 Å². The molecule has 154 valence electrons. The normalized spacial score (nSPS) is 18.0. The predicted octanol–water partition coefficient (Wildman–Crippen LogP) is 5.08. The van der Waals surface area contributed by atoms with Gasteiger partial charge in [-0.25, -0.2) is 9.37 Å². The highest BCUT2D eigenvalue weighted by Gasteiger charge is 2.36. The van der Waals surface area contributed by atoms with Crippen molar-refractivity contribution < 1.29 is 9.31 Å². The Hall–Kier alpha value is -3.03. The number of nitrogens with one attached hydrogen (secondary N) is 1. The van der Waals surface area contributed by atoms with Gasteiger partial charge in [-0.3, -0.25) is 15.5 Å². The first kappa shape index (κ1) is 20.7. The maximum Gasteiger partial charge on any atom is 0.287 e. The van der Waals surface area contributed by atoms with E-state index in [1.54, 1.807) is 6.07 Å². The van der Waals surface area contributed by atoms with Crippen LogP contribution in [0.3, 0.4) is 0 Å². The number of halogens is 1. The van der Waals surface area contributed by atoms with Gasteiger partial charge in [0, 0.05) is 29.4 Å². The number of nitro groups is 1. The lowest BCUT2D eigenvalue weighted by Gasteiger charge is -2.47. The molecule has 1 aliphatic heterocycles. The number of hydrogen-bond acceptors (Lipinski definition) is 6. The molecule has 7 nitrogen and oxygen atoms in total. The summed E-state index contributed by atoms with van der Waals surface area (Å²) in [7, 11) is 0. The van der Waals surface area contributed by atoms with Crippen LogP contribution in [0.5, 0.6) is 0 Å². The summed E-state index contributed by atoms with van der Waals surface area (Å²) in [5.74, 6) is 0.316. The molecule has 1 atom stereocenters. The van der Waals surface area contributed by atoms with Crippen LogP contribution in [-0.2, 0) is 0 Å². The minimum Gasteiger partial charge on any atom is -0.366 e. The van der Waals surface area contributed by atoms with Crippen LogP contribution in [0.2, 0.25) is 0 Å². The van der Waals surface area contributed by atoms with E-state index in [0.29, 0.717) is 17.3 Å². The average molecular weight is 399 g/mol. The van der Waals surface area contributed by atoms with E-state index < -0.39 is 4.92 Å². The minimum absolute atomic E-state index is 0.0202. The van der Waals surface area contributed by atoms with Gasteiger partial charge < -0.3 is 4.90 Å². The Bertz CT molecular complexity index is 927. The number of aromatic nitrogens is 1. The first-order chi connectivity index (χ1) is 13.7. The number of pyridine rings is 1. The smallest absolute Gasteiger partial charge is 0.287 e. The van der Waals surface area contributed by atoms with Gasteiger partial charge in [-0.2, -0.15) is 5.10 Å². The zero-order valence-corrected chi connectivity index (χ0v) is 17.1. The summed E-state index contributed by atoms with van der Waals surface area (Å²) in [5.41, 5.74) is 5.02. The van der Waals surface area contributed by atoms with Crippen molar-refractivity contribution in [2.45, 2.75) is 52.0 Å². The molecule has 0 bridgehead atoms. The van der Waals surface area contributed by atoms with Gasteiger partial charge in [-0.05, 0) is 56.4 Å². The fourth-order valence-electron chi connectivity index (χ4n) is 3.99. The lowest BCUT2D eigenvalue weighted by molar-refractivity contribution is -0.385. The summed E-state index contributed by atoms with van der Waals surface area (Å²) < 4.78 is 14.8. The zero-order valence-electron chi connectivity index (χ0n) is 17.1. The third kappa shape index (κ3) is 4.36. The van der Waals surface area contributed by atoms with E-state index in [-0.39, 0.29) is 17.0 Å². The Morgan fingerprint density at radius 1 is 1.45 bits per heavy atom. The number of anilines is 2. The van der Waals surface area contributed by atoms with E-state index in [4.69, 9.17) is 0 Å². The van der Waals surface area contributed by atoms with Crippen LogP contribution >= 0.6 is 0 Å². The van der Waals surface area contributed by atoms with Gasteiger partial charge in [0.25, 0.3) is 5.69 Å². The fourth-order valence-corrected chi connectivity index (χ4v) is 3.99. The fraction of sp³-hybridized carbons (Fsp3) is 0.429. The van der Waals surface area contributed by atoms with Crippen LogP contribution in [0.4, 0.5) is 21.6 Å². The molecule has 0 saturated heterocycles. The molecule has 8 heteroatoms. The Kier molecular flexibility index (Phi) is 5.81. The lowest BCUT2D eigenvalue weighted by atomic mass is 9.79. The van der Waals surface area contributed by atoms with Crippen molar-refractivity contribution >= 4 is 23.4 Å². The van der Waals surface area contributed by atoms with Gasteiger partial charge >= 0.3 is 0 Å². The Morgan fingerprint density at radius 2 is 2.21 bits per heavy atom. The van der Waals surface area contributed by atoms with Crippen molar-refractivity contribution in [2.24, 2.45) is 5.10 Å². The SMILES string of the molecule is CCCN1c2cc(F)c(/C=N\Nc3ccc([N+](=O)[O-])cn3)cc2C(C)CC1(C)C. The highest BCUT2D eigenvalue weighted by molar-refractivity contribution is 5.82. The number of fused-ring (bicyclic) bond motifs is 1. The van der Waals surface area contributed by atoms with Gasteiger partial charge in [0.1, 0.15) is 17.8 Å². The maximum atomic E-state index is 14.8. The van der Waals surface area contributed by atoms with Crippen molar-refractivity contribution in [1.82, 2.24) is 4.98 Å². The molecule has 1 N–H and O–H groups in total. The monoisotopic (exact) mass is 399 g/mol. The molecule has 2 aromatic rings. The summed E-state index contributed by atoms with van der Waals surface area (Å²) in [5, 5.41) is 14.7. The van der Waals surface area contributed by atoms with Crippen LogP contribution in [0.1, 0.15) is 57.6 Å². The van der Waals surface area contributed by atoms with Crippen LogP contribution in [0.15, 0.2) is 35.6 Å². The molecular formula is C21H26FN5O2. The summed E-state index contributed by atoms with van der Waals surface area (Å²) in [6.45, 7) is 9.59. The van der Waals surface area contributed by atoms with Crippen LogP contribution in [-0.4, -0.2) is 28.2 Å². The summed E-state index contributed by atoms with van der Waals surface area (Å²) in [6.07, 6.45) is 4.54. The average Bonchev–Trinajstić information content (AvgIpc) is 2.66. The van der Waals surface area contributed by atoms with Crippen molar-refractivity contribution in [3.05, 3.63) is 57.5 Å². The molecule has 0 spiro atoms. The molecule has 0 fully saturated rings. The standard InChI is InChI=1S/C21H26FN5O2/c1-5-8-26-19-10-18(22)15(9-17(19)14(2)11-21(26,3)4)12-24-25-20-7-6-16(13-23-20)27(28)29/h6-7,9-10,12-14H,5,8,11H2,1-4H3,(H,23,25)/b24-12-. The topological polar surface area (TPSA) is 83.7 Å². The molecule has 1 aromatic carbocycles. The van der Waals surface area contributed by atoms with Crippen molar-refractivity contribution in [1.29, 1.82) is 0 Å². The van der Waals surface area contributed by atoms with E-state index in [1.165, 1.54) is 18.3 Å². The number of hydrazone groups is 1. The zero-order chi connectivity index (χ0) is 21.2. The van der Waals surface area contributed by atoms with E-state index >= 15 is 0 Å². The van der Waals surface area contributed by atoms with Crippen molar-refractivity contribution in [2.75, 3.05) is 16.9 Å². The van der Waals surface area contributed by atoms with Gasteiger partial charge in [0.15, 0.2) is 0 Å². The Balaban J connectivity index is 1.83. The van der Waals surface area contributed by atoms with Crippen LogP contribution in [0, 0.1) is 15.9 Å². The third-order valence-corrected chi connectivity index (χ3v) is 5.29. The number of benzene rings is 1. The first-order valence-electron chi connectivity index (χ1n) is 9.73. The molecule has 0 radical (unpaired) electrons. The Morgan fingerprint density at radius 3 is 2.83 bits per heavy atom. The van der Waals surface area contributed by atoms with Crippen molar-refractivity contribution in [3.8, 4) is 0 Å². The second-order valence-electron chi connectivity index (χ2n) is 8.03. The van der Waals surface area contributed by atoms with E-state index in [9.17, 15) is 14.5 Å². The lowest BCUT2D eigenvalue weighted by Crippen LogP contribution is -2.48. The van der Waals surface area contributed by atoms with E-state index in [1.807, 2.05) is 6.07 Å². The second-order valence-corrected chi connectivity index (χ2v) is 8.03. The quantitative estimate of drug-likeness (QED) is 0.416. The number of rotatable bonds is 6.